The first-order chi connectivity index (χ1) is 14.4. The van der Waals surface area contributed by atoms with Gasteiger partial charge in [0, 0.05) is 19.0 Å². The molecule has 1 aromatic carbocycles. The number of ether oxygens (including phenoxy) is 3. The zero-order chi connectivity index (χ0) is 21.3. The third-order valence-electron chi connectivity index (χ3n) is 5.40. The molecule has 2 aliphatic rings. The molecule has 0 radical (unpaired) electrons. The Labute approximate surface area is 171 Å². The normalized spacial score (nSPS) is 18.7. The highest BCUT2D eigenvalue weighted by Gasteiger charge is 2.34. The van der Waals surface area contributed by atoms with Crippen LogP contribution in [0.3, 0.4) is 0 Å². The second kappa shape index (κ2) is 8.27. The number of amides is 1. The quantitative estimate of drug-likeness (QED) is 0.753. The summed E-state index contributed by atoms with van der Waals surface area (Å²) in [7, 11) is 1.39. The Hall–Kier alpha value is -2.59. The summed E-state index contributed by atoms with van der Waals surface area (Å²) in [5.41, 5.74) is -0.529. The number of rotatable bonds is 4. The first-order valence-corrected chi connectivity index (χ1v) is 9.70. The molecule has 0 aliphatic carbocycles. The van der Waals surface area contributed by atoms with Gasteiger partial charge in [-0.25, -0.2) is 4.68 Å². The van der Waals surface area contributed by atoms with Gasteiger partial charge in [-0.3, -0.25) is 4.79 Å². The summed E-state index contributed by atoms with van der Waals surface area (Å²) in [4.78, 5) is 14.7. The summed E-state index contributed by atoms with van der Waals surface area (Å²) in [6.07, 6.45) is -1.78. The molecule has 1 aromatic heterocycles. The molecule has 7 nitrogen and oxygen atoms in total. The van der Waals surface area contributed by atoms with Gasteiger partial charge in [-0.1, -0.05) is 6.07 Å². The summed E-state index contributed by atoms with van der Waals surface area (Å²) in [6, 6.07) is 4.75. The maximum atomic E-state index is 13.0. The molecule has 0 spiro atoms. The highest BCUT2D eigenvalue weighted by molar-refractivity contribution is 5.95. The van der Waals surface area contributed by atoms with Crippen LogP contribution in [0.25, 0.3) is 5.69 Å². The lowest BCUT2D eigenvalue weighted by Crippen LogP contribution is -2.41. The van der Waals surface area contributed by atoms with Crippen LogP contribution in [0.1, 0.15) is 28.9 Å². The van der Waals surface area contributed by atoms with Crippen LogP contribution in [0.5, 0.6) is 5.75 Å². The Morgan fingerprint density at radius 2 is 1.90 bits per heavy atom. The van der Waals surface area contributed by atoms with Crippen molar-refractivity contribution in [2.45, 2.75) is 25.3 Å². The van der Waals surface area contributed by atoms with E-state index in [0.717, 1.165) is 25.0 Å². The molecule has 0 bridgehead atoms. The SMILES string of the molecule is COc1cn(-c2cccc(C(F)(F)F)c2)nc1C(=O)N1CCC(C2OCCO2)CC1. The number of nitrogens with zero attached hydrogens (tertiary/aromatic N) is 3. The average molecular weight is 425 g/mol. The van der Waals surface area contributed by atoms with Gasteiger partial charge in [0.05, 0.1) is 37.8 Å². The van der Waals surface area contributed by atoms with Crippen LogP contribution in [0.2, 0.25) is 0 Å². The molecule has 4 rings (SSSR count). The van der Waals surface area contributed by atoms with Crippen LogP contribution in [-0.2, 0) is 15.7 Å². The van der Waals surface area contributed by atoms with E-state index in [1.807, 2.05) is 0 Å². The van der Waals surface area contributed by atoms with Gasteiger partial charge in [-0.05, 0) is 31.0 Å². The molecule has 162 valence electrons. The highest BCUT2D eigenvalue weighted by Crippen LogP contribution is 2.31. The van der Waals surface area contributed by atoms with E-state index in [9.17, 15) is 18.0 Å². The average Bonchev–Trinajstić information content (AvgIpc) is 3.43. The zero-order valence-corrected chi connectivity index (χ0v) is 16.4. The zero-order valence-electron chi connectivity index (χ0n) is 16.4. The molecule has 0 unspecified atom stereocenters. The van der Waals surface area contributed by atoms with Gasteiger partial charge < -0.3 is 19.1 Å². The number of hydrogen-bond donors (Lipinski definition) is 0. The predicted octanol–water partition coefficient (Wildman–Crippen LogP) is 3.12. The second-order valence-electron chi connectivity index (χ2n) is 7.28. The van der Waals surface area contributed by atoms with E-state index in [-0.39, 0.29) is 35.2 Å². The minimum absolute atomic E-state index is 0.0710. The first-order valence-electron chi connectivity index (χ1n) is 9.70. The van der Waals surface area contributed by atoms with E-state index in [4.69, 9.17) is 14.2 Å². The molecule has 0 saturated carbocycles. The van der Waals surface area contributed by atoms with Crippen LogP contribution in [0, 0.1) is 5.92 Å². The molecule has 30 heavy (non-hydrogen) atoms. The fourth-order valence-corrected chi connectivity index (χ4v) is 3.79. The van der Waals surface area contributed by atoms with Crippen molar-refractivity contribution in [3.8, 4) is 11.4 Å². The third kappa shape index (κ3) is 4.15. The number of piperidine rings is 1. The molecule has 0 N–H and O–H groups in total. The third-order valence-corrected chi connectivity index (χ3v) is 5.40. The number of carbonyl (C=O) groups excluding carboxylic acids is 1. The summed E-state index contributed by atoms with van der Waals surface area (Å²) in [5.74, 6) is 0.132. The van der Waals surface area contributed by atoms with Crippen molar-refractivity contribution in [3.63, 3.8) is 0 Å². The monoisotopic (exact) mass is 425 g/mol. The van der Waals surface area contributed by atoms with Crippen molar-refractivity contribution in [2.24, 2.45) is 5.92 Å². The van der Waals surface area contributed by atoms with E-state index < -0.39 is 11.7 Å². The summed E-state index contributed by atoms with van der Waals surface area (Å²) < 4.78 is 56.7. The van der Waals surface area contributed by atoms with E-state index in [1.54, 1.807) is 4.90 Å². The molecule has 1 amide bonds. The molecular formula is C20H22F3N3O4. The maximum absolute atomic E-state index is 13.0. The number of hydrogen-bond acceptors (Lipinski definition) is 5. The van der Waals surface area contributed by atoms with Gasteiger partial charge in [-0.15, -0.1) is 0 Å². The fraction of sp³-hybridized carbons (Fsp3) is 0.500. The smallest absolute Gasteiger partial charge is 0.416 e. The number of benzene rings is 1. The van der Waals surface area contributed by atoms with Gasteiger partial charge in [-0.2, -0.15) is 18.3 Å². The Kier molecular flexibility index (Phi) is 5.70. The van der Waals surface area contributed by atoms with Crippen molar-refractivity contribution in [2.75, 3.05) is 33.4 Å². The number of aromatic nitrogens is 2. The van der Waals surface area contributed by atoms with Gasteiger partial charge in [0.1, 0.15) is 0 Å². The van der Waals surface area contributed by atoms with Crippen molar-refractivity contribution in [1.82, 2.24) is 14.7 Å². The maximum Gasteiger partial charge on any atom is 0.416 e. The van der Waals surface area contributed by atoms with Crippen LogP contribution in [-0.4, -0.2) is 60.3 Å². The lowest BCUT2D eigenvalue weighted by molar-refractivity contribution is -0.137. The largest absolute Gasteiger partial charge is 0.493 e. The summed E-state index contributed by atoms with van der Waals surface area (Å²) in [5, 5.41) is 4.23. The Morgan fingerprint density at radius 3 is 2.53 bits per heavy atom. The predicted molar refractivity (Wildman–Crippen MR) is 99.4 cm³/mol. The van der Waals surface area contributed by atoms with Crippen molar-refractivity contribution >= 4 is 5.91 Å². The van der Waals surface area contributed by atoms with Crippen LogP contribution in [0.4, 0.5) is 13.2 Å². The number of carbonyl (C=O) groups is 1. The number of likely N-dealkylation sites (tertiary alicyclic amines) is 1. The summed E-state index contributed by atoms with van der Waals surface area (Å²) >= 11 is 0. The van der Waals surface area contributed by atoms with E-state index in [2.05, 4.69) is 5.10 Å². The molecule has 2 fully saturated rings. The van der Waals surface area contributed by atoms with Crippen molar-refractivity contribution in [1.29, 1.82) is 0 Å². The topological polar surface area (TPSA) is 65.8 Å². The highest BCUT2D eigenvalue weighted by atomic mass is 19.4. The molecule has 2 aromatic rings. The van der Waals surface area contributed by atoms with E-state index >= 15 is 0 Å². The molecule has 10 heteroatoms. The van der Waals surface area contributed by atoms with Gasteiger partial charge in [0.25, 0.3) is 5.91 Å². The van der Waals surface area contributed by atoms with Crippen LogP contribution >= 0.6 is 0 Å². The van der Waals surface area contributed by atoms with E-state index in [1.165, 1.54) is 30.1 Å². The van der Waals surface area contributed by atoms with Gasteiger partial charge >= 0.3 is 6.18 Å². The lowest BCUT2D eigenvalue weighted by atomic mass is 9.96. The second-order valence-corrected chi connectivity index (χ2v) is 7.28. The lowest BCUT2D eigenvalue weighted by Gasteiger charge is -2.33. The van der Waals surface area contributed by atoms with E-state index in [0.29, 0.717) is 26.3 Å². The van der Waals surface area contributed by atoms with Crippen LogP contribution in [0.15, 0.2) is 30.5 Å². The molecule has 2 aliphatic heterocycles. The van der Waals surface area contributed by atoms with Gasteiger partial charge in [0.2, 0.25) is 0 Å². The minimum atomic E-state index is -4.47. The standard InChI is InChI=1S/C20H22F3N3O4/c1-28-16-12-26(15-4-2-3-14(11-15)20(21,22)23)24-17(16)18(27)25-7-5-13(6-8-25)19-29-9-10-30-19/h2-4,11-13,19H,5-10H2,1H3. The molecular weight excluding hydrogens is 403 g/mol. The number of alkyl halides is 3. The first kappa shape index (κ1) is 20.7. The minimum Gasteiger partial charge on any atom is -0.493 e. The van der Waals surface area contributed by atoms with Crippen molar-refractivity contribution in [3.05, 3.63) is 41.7 Å². The Morgan fingerprint density at radius 1 is 1.20 bits per heavy atom. The fourth-order valence-electron chi connectivity index (χ4n) is 3.79. The molecule has 0 atom stereocenters. The van der Waals surface area contributed by atoms with Crippen molar-refractivity contribution < 1.29 is 32.2 Å². The number of methoxy groups -OCH3 is 1. The summed E-state index contributed by atoms with van der Waals surface area (Å²) in [6.45, 7) is 2.22. The van der Waals surface area contributed by atoms with Crippen LogP contribution < -0.4 is 4.74 Å². The van der Waals surface area contributed by atoms with Gasteiger partial charge in [0.15, 0.2) is 17.7 Å². The Balaban J connectivity index is 1.51. The Bertz CT molecular complexity index is 901. The molecule has 2 saturated heterocycles. The molecule has 3 heterocycles. The number of halogens is 3.